The highest BCUT2D eigenvalue weighted by Gasteiger charge is 2.71. The van der Waals surface area contributed by atoms with Crippen molar-refractivity contribution < 1.29 is 94.4 Å². The van der Waals surface area contributed by atoms with Crippen LogP contribution in [0.25, 0.3) is 0 Å². The molecule has 26 atom stereocenters. The summed E-state index contributed by atoms with van der Waals surface area (Å²) in [6.07, 6.45) is -16.8. The van der Waals surface area contributed by atoms with E-state index in [-0.39, 0.29) is 40.1 Å². The van der Waals surface area contributed by atoms with Crippen molar-refractivity contribution in [3.63, 3.8) is 0 Å². The number of rotatable bonds is 11. The molecule has 0 unspecified atom stereocenters. The normalized spacial score (nSPS) is 55.2. The van der Waals surface area contributed by atoms with Crippen LogP contribution in [0.1, 0.15) is 106 Å². The summed E-state index contributed by atoms with van der Waals surface area (Å²) in [6, 6.07) is 0. The lowest BCUT2D eigenvalue weighted by Crippen LogP contribution is -2.66. The zero-order chi connectivity index (χ0) is 48.2. The lowest BCUT2D eigenvalue weighted by molar-refractivity contribution is -0.378. The first-order valence-corrected chi connectivity index (χ1v) is 24.5. The Morgan fingerprint density at radius 2 is 1.09 bits per heavy atom. The van der Waals surface area contributed by atoms with E-state index in [4.69, 9.17) is 33.2 Å². The van der Waals surface area contributed by atoms with Crippen molar-refractivity contribution in [2.75, 3.05) is 19.8 Å². The number of ether oxygens (including phenoxy) is 7. The van der Waals surface area contributed by atoms with Gasteiger partial charge in [-0.15, -0.1) is 0 Å². The molecule has 12 N–H and O–H groups in total. The second-order valence-electron chi connectivity index (χ2n) is 23.2. The minimum Gasteiger partial charge on any atom is -0.394 e. The van der Waals surface area contributed by atoms with Crippen molar-refractivity contribution in [1.29, 1.82) is 0 Å². The molecule has 0 aromatic rings. The highest BCUT2D eigenvalue weighted by molar-refractivity contribution is 5.19. The largest absolute Gasteiger partial charge is 0.394 e. The summed E-state index contributed by atoms with van der Waals surface area (Å²) in [5, 5.41) is 127. The fraction of sp³-hybridized carbons (Fsp3) is 1.00. The second-order valence-corrected chi connectivity index (χ2v) is 23.2. The van der Waals surface area contributed by atoms with Crippen LogP contribution in [0.15, 0.2) is 0 Å². The maximum absolute atomic E-state index is 12.1. The summed E-state index contributed by atoms with van der Waals surface area (Å²) in [4.78, 5) is 0. The molecule has 8 aliphatic rings. The third kappa shape index (κ3) is 8.26. The second kappa shape index (κ2) is 18.7. The van der Waals surface area contributed by atoms with E-state index in [2.05, 4.69) is 34.6 Å². The molecule has 0 amide bonds. The molecule has 4 aliphatic heterocycles. The van der Waals surface area contributed by atoms with Gasteiger partial charge in [0.25, 0.3) is 0 Å². The number of hydrogen-bond acceptors (Lipinski definition) is 19. The zero-order valence-electron chi connectivity index (χ0n) is 39.5. The molecular weight excluding hydrogens is 868 g/mol. The lowest BCUT2D eigenvalue weighted by Gasteiger charge is -2.70. The monoisotopic (exact) mass is 949 g/mol. The molecule has 4 heterocycles. The van der Waals surface area contributed by atoms with Crippen molar-refractivity contribution in [2.24, 2.45) is 45.3 Å². The van der Waals surface area contributed by atoms with Gasteiger partial charge in [0.2, 0.25) is 0 Å². The summed E-state index contributed by atoms with van der Waals surface area (Å²) in [5.41, 5.74) is -1.86. The van der Waals surface area contributed by atoms with Crippen LogP contribution in [-0.4, -0.2) is 203 Å². The molecule has 0 radical (unpaired) electrons. The van der Waals surface area contributed by atoms with Gasteiger partial charge >= 0.3 is 0 Å². The van der Waals surface area contributed by atoms with Gasteiger partial charge in [0, 0.05) is 5.92 Å². The first-order valence-electron chi connectivity index (χ1n) is 24.5. The van der Waals surface area contributed by atoms with Crippen molar-refractivity contribution in [3.8, 4) is 0 Å². The van der Waals surface area contributed by atoms with E-state index >= 15 is 0 Å². The summed E-state index contributed by atoms with van der Waals surface area (Å²) in [7, 11) is 0. The Balaban J connectivity index is 0.959. The van der Waals surface area contributed by atoms with E-state index in [0.29, 0.717) is 31.6 Å². The first-order chi connectivity index (χ1) is 30.9. The van der Waals surface area contributed by atoms with Gasteiger partial charge < -0.3 is 94.4 Å². The van der Waals surface area contributed by atoms with Crippen LogP contribution in [0.5, 0.6) is 0 Å². The predicted octanol–water partition coefficient (Wildman–Crippen LogP) is -1.21. The standard InChI is InChI=1S/C47H80O19/c1-43(2)26-12-15-46(6)27(45(26,5)14-13-28(43)64-42-39(36(57)33(54)25(19-50)63-42)65-40-37(58)34(55)31(52)23(17-48)61-40)10-8-20-30(21(51)16-47(20,46)7)22-9-11-29(60-22)44(3,4)66-41-38(59)35(56)32(53)24(18-49)62-41/h20-42,48-59H,8-19H2,1-7H3/t20-,21-,22+,23-,24-,25-,26+,27-,28+,29+,30-,31-,32-,33-,34+,35+,36+,37-,38-,39-,40+,41+,42+,45+,46-,47-/m1/s1. The van der Waals surface area contributed by atoms with Gasteiger partial charge in [-0.25, -0.2) is 0 Å². The van der Waals surface area contributed by atoms with Gasteiger partial charge in [-0.3, -0.25) is 0 Å². The Morgan fingerprint density at radius 3 is 1.70 bits per heavy atom. The SMILES string of the molecule is CC(C)(O[C@@H]1O[C@H](CO)[C@@H](O)[C@H](O)[C@H]1O)[C@@H]1CC[C@@H]([C@H]2[C@H](O)C[C@]3(C)[C@@H]2CC[C@@H]2[C@@]4(C)CC[C@H](O[C@@H]5O[C@H](CO)[C@@H](O)[C@H](O)[C@H]5O[C@@H]5O[C@H](CO)[C@@H](O)[C@H](O)[C@H]5O)C(C)(C)[C@@H]4CC[C@]23C)O1. The van der Waals surface area contributed by atoms with E-state index in [1.807, 2.05) is 13.8 Å². The average molecular weight is 949 g/mol. The molecule has 8 fully saturated rings. The Labute approximate surface area is 387 Å². The molecule has 4 aliphatic carbocycles. The maximum atomic E-state index is 12.1. The predicted molar refractivity (Wildman–Crippen MR) is 228 cm³/mol. The Morgan fingerprint density at radius 1 is 0.530 bits per heavy atom. The van der Waals surface area contributed by atoms with E-state index in [1.165, 1.54) is 0 Å². The van der Waals surface area contributed by atoms with Gasteiger partial charge in [-0.1, -0.05) is 34.6 Å². The molecule has 19 heteroatoms. The molecule has 19 nitrogen and oxygen atoms in total. The van der Waals surface area contributed by atoms with Crippen LogP contribution in [0.2, 0.25) is 0 Å². The smallest absolute Gasteiger partial charge is 0.187 e. The van der Waals surface area contributed by atoms with Gasteiger partial charge in [0.05, 0.1) is 49.8 Å². The van der Waals surface area contributed by atoms with Gasteiger partial charge in [0.1, 0.15) is 73.2 Å². The zero-order valence-corrected chi connectivity index (χ0v) is 39.5. The Bertz CT molecular complexity index is 1670. The number of aliphatic hydroxyl groups excluding tert-OH is 12. The Kier molecular flexibility index (Phi) is 14.6. The highest BCUT2D eigenvalue weighted by Crippen LogP contribution is 2.76. The van der Waals surface area contributed by atoms with Gasteiger partial charge in [-0.05, 0) is 111 Å². The third-order valence-electron chi connectivity index (χ3n) is 19.2. The number of hydrogen-bond donors (Lipinski definition) is 12. The van der Waals surface area contributed by atoms with Crippen molar-refractivity contribution >= 4 is 0 Å². The summed E-state index contributed by atoms with van der Waals surface area (Å²) >= 11 is 0. The molecule has 4 saturated carbocycles. The first kappa shape index (κ1) is 51.6. The molecule has 0 aromatic carbocycles. The number of aliphatic hydroxyl groups is 12. The van der Waals surface area contributed by atoms with Crippen molar-refractivity contribution in [3.05, 3.63) is 0 Å². The fourth-order valence-corrected chi connectivity index (χ4v) is 15.3. The van der Waals surface area contributed by atoms with Crippen LogP contribution in [-0.2, 0) is 33.2 Å². The van der Waals surface area contributed by atoms with E-state index in [1.54, 1.807) is 0 Å². The maximum Gasteiger partial charge on any atom is 0.187 e. The van der Waals surface area contributed by atoms with Gasteiger partial charge in [-0.2, -0.15) is 0 Å². The lowest BCUT2D eigenvalue weighted by atomic mass is 9.35. The third-order valence-corrected chi connectivity index (χ3v) is 19.2. The summed E-state index contributed by atoms with van der Waals surface area (Å²) < 4.78 is 43.2. The van der Waals surface area contributed by atoms with Crippen LogP contribution in [0.3, 0.4) is 0 Å². The molecule has 0 spiro atoms. The van der Waals surface area contributed by atoms with Crippen molar-refractivity contribution in [2.45, 2.75) is 228 Å². The number of fused-ring (bicyclic) bond motifs is 5. The minimum atomic E-state index is -1.78. The molecule has 66 heavy (non-hydrogen) atoms. The van der Waals surface area contributed by atoms with E-state index in [0.717, 1.165) is 32.1 Å². The molecule has 8 rings (SSSR count). The fourth-order valence-electron chi connectivity index (χ4n) is 15.3. The van der Waals surface area contributed by atoms with Crippen LogP contribution in [0, 0.1) is 45.3 Å². The quantitative estimate of drug-likeness (QED) is 0.108. The summed E-state index contributed by atoms with van der Waals surface area (Å²) in [6.45, 7) is 13.4. The molecule has 382 valence electrons. The van der Waals surface area contributed by atoms with Gasteiger partial charge in [0.15, 0.2) is 18.9 Å². The topological polar surface area (TPSA) is 307 Å². The van der Waals surface area contributed by atoms with E-state index in [9.17, 15) is 61.3 Å². The Hall–Kier alpha value is -0.760. The van der Waals surface area contributed by atoms with Crippen molar-refractivity contribution in [1.82, 2.24) is 0 Å². The van der Waals surface area contributed by atoms with E-state index < -0.39 is 141 Å². The summed E-state index contributed by atoms with van der Waals surface area (Å²) in [5.74, 6) is 0.608. The van der Waals surface area contributed by atoms with Crippen LogP contribution < -0.4 is 0 Å². The molecule has 0 bridgehead atoms. The minimum absolute atomic E-state index is 0.0998. The van der Waals surface area contributed by atoms with Crippen LogP contribution >= 0.6 is 0 Å². The molecule has 0 aromatic heterocycles. The highest BCUT2D eigenvalue weighted by atomic mass is 16.8. The molecular formula is C47H80O19. The van der Waals surface area contributed by atoms with Crippen LogP contribution in [0.4, 0.5) is 0 Å². The molecule has 4 saturated heterocycles. The average Bonchev–Trinajstić information content (AvgIpc) is 3.87.